The lowest BCUT2D eigenvalue weighted by molar-refractivity contribution is -0.129. The summed E-state index contributed by atoms with van der Waals surface area (Å²) in [5.74, 6) is -0.288. The first-order chi connectivity index (χ1) is 15.6. The van der Waals surface area contributed by atoms with Crippen molar-refractivity contribution in [1.82, 2.24) is 15.7 Å². The van der Waals surface area contributed by atoms with Crippen molar-refractivity contribution in [2.75, 3.05) is 6.61 Å². The number of nitrogens with one attached hydrogen (secondary N) is 2. The van der Waals surface area contributed by atoms with Gasteiger partial charge in [0.25, 0.3) is 11.8 Å². The summed E-state index contributed by atoms with van der Waals surface area (Å²) in [6.07, 6.45) is 7.08. The van der Waals surface area contributed by atoms with Crippen molar-refractivity contribution in [2.45, 2.75) is 13.0 Å². The van der Waals surface area contributed by atoms with Crippen molar-refractivity contribution < 1.29 is 14.3 Å². The molecule has 0 bridgehead atoms. The highest BCUT2D eigenvalue weighted by Crippen LogP contribution is 2.14. The fourth-order valence-corrected chi connectivity index (χ4v) is 2.64. The van der Waals surface area contributed by atoms with Gasteiger partial charge in [-0.05, 0) is 42.3 Å². The molecule has 1 heterocycles. The van der Waals surface area contributed by atoms with E-state index in [2.05, 4.69) is 20.8 Å². The van der Waals surface area contributed by atoms with Crippen molar-refractivity contribution in [3.8, 4) is 5.75 Å². The van der Waals surface area contributed by atoms with Crippen LogP contribution in [0.4, 0.5) is 0 Å². The van der Waals surface area contributed by atoms with E-state index in [0.29, 0.717) is 11.4 Å². The average Bonchev–Trinajstić information content (AvgIpc) is 2.83. The number of hydrogen-bond donors (Lipinski definition) is 2. The van der Waals surface area contributed by atoms with Gasteiger partial charge >= 0.3 is 0 Å². The molecule has 0 fully saturated rings. The van der Waals surface area contributed by atoms with Gasteiger partial charge in [0.05, 0.1) is 11.9 Å². The first kappa shape index (κ1) is 22.4. The number of pyridine rings is 1. The van der Waals surface area contributed by atoms with Crippen LogP contribution >= 0.6 is 0 Å². The van der Waals surface area contributed by atoms with Gasteiger partial charge in [0.15, 0.2) is 6.61 Å². The number of hydrogen-bond acceptors (Lipinski definition) is 5. The lowest BCUT2D eigenvalue weighted by atomic mass is 10.1. The molecule has 1 unspecified atom stereocenters. The van der Waals surface area contributed by atoms with Gasteiger partial charge in [-0.3, -0.25) is 14.6 Å². The molecule has 162 valence electrons. The second kappa shape index (κ2) is 11.8. The van der Waals surface area contributed by atoms with Crippen LogP contribution < -0.4 is 15.5 Å². The molecule has 2 aromatic carbocycles. The topological polar surface area (TPSA) is 92.7 Å². The van der Waals surface area contributed by atoms with Crippen molar-refractivity contribution >= 4 is 30.2 Å². The van der Waals surface area contributed by atoms with E-state index in [4.69, 9.17) is 4.74 Å². The van der Waals surface area contributed by atoms with E-state index >= 15 is 0 Å². The van der Waals surface area contributed by atoms with Gasteiger partial charge in [-0.15, -0.1) is 0 Å². The summed E-state index contributed by atoms with van der Waals surface area (Å²) in [5.41, 5.74) is 5.11. The van der Waals surface area contributed by atoms with E-state index in [1.54, 1.807) is 37.4 Å². The molecule has 2 amide bonds. The van der Waals surface area contributed by atoms with Crippen molar-refractivity contribution in [2.24, 2.45) is 5.10 Å². The molecule has 2 N–H and O–H groups in total. The number of rotatable bonds is 9. The largest absolute Gasteiger partial charge is 0.484 e. The highest BCUT2D eigenvalue weighted by molar-refractivity contribution is 5.88. The van der Waals surface area contributed by atoms with Gasteiger partial charge in [0.2, 0.25) is 0 Å². The maximum atomic E-state index is 12.1. The standard InChI is InChI=1S/C25H24N4O3/c1-19(25(31)29-27-17-22-9-5-6-16-26-22)28-24(30)18-32-23-14-12-21(13-15-23)11-10-20-7-3-2-4-8-20/h2-17,19H,18H2,1H3,(H,28,30)(H,29,31)/b11-10+,27-17+. The molecule has 1 atom stereocenters. The lowest BCUT2D eigenvalue weighted by Crippen LogP contribution is -2.45. The zero-order valence-electron chi connectivity index (χ0n) is 17.6. The number of carbonyl (C=O) groups is 2. The highest BCUT2D eigenvalue weighted by Gasteiger charge is 2.15. The third-order valence-electron chi connectivity index (χ3n) is 4.35. The Morgan fingerprint density at radius 1 is 0.969 bits per heavy atom. The zero-order chi connectivity index (χ0) is 22.6. The van der Waals surface area contributed by atoms with Gasteiger partial charge < -0.3 is 10.1 Å². The molecule has 7 heteroatoms. The number of nitrogens with zero attached hydrogens (tertiary/aromatic N) is 2. The summed E-state index contributed by atoms with van der Waals surface area (Å²) in [7, 11) is 0. The molecule has 3 aromatic rings. The van der Waals surface area contributed by atoms with E-state index in [1.807, 2.05) is 60.7 Å². The van der Waals surface area contributed by atoms with E-state index in [0.717, 1.165) is 11.1 Å². The van der Waals surface area contributed by atoms with Crippen LogP contribution in [0.2, 0.25) is 0 Å². The van der Waals surface area contributed by atoms with E-state index in [1.165, 1.54) is 6.21 Å². The van der Waals surface area contributed by atoms with E-state index in [9.17, 15) is 9.59 Å². The third-order valence-corrected chi connectivity index (χ3v) is 4.35. The van der Waals surface area contributed by atoms with Crippen LogP contribution in [0.15, 0.2) is 84.1 Å². The number of carbonyl (C=O) groups excluding carboxylic acids is 2. The molecular formula is C25H24N4O3. The second-order valence-corrected chi connectivity index (χ2v) is 6.88. The Hall–Kier alpha value is -4.26. The third kappa shape index (κ3) is 7.53. The molecule has 0 aliphatic heterocycles. The first-order valence-electron chi connectivity index (χ1n) is 10.1. The first-order valence-corrected chi connectivity index (χ1v) is 10.1. The maximum absolute atomic E-state index is 12.1. The normalized spacial score (nSPS) is 11.9. The molecule has 0 aliphatic rings. The number of benzene rings is 2. The van der Waals surface area contributed by atoms with Gasteiger partial charge in [0.1, 0.15) is 11.8 Å². The van der Waals surface area contributed by atoms with Crippen LogP contribution in [0.3, 0.4) is 0 Å². The predicted octanol–water partition coefficient (Wildman–Crippen LogP) is 3.29. The SMILES string of the molecule is CC(NC(=O)COc1ccc(/C=C/c2ccccc2)cc1)C(=O)N/N=C/c1ccccn1. The smallest absolute Gasteiger partial charge is 0.262 e. The number of aromatic nitrogens is 1. The summed E-state index contributed by atoms with van der Waals surface area (Å²) in [5, 5.41) is 6.40. The lowest BCUT2D eigenvalue weighted by Gasteiger charge is -2.12. The van der Waals surface area contributed by atoms with Gasteiger partial charge in [-0.1, -0.05) is 60.7 Å². The fourth-order valence-electron chi connectivity index (χ4n) is 2.64. The Labute approximate surface area is 186 Å². The molecule has 32 heavy (non-hydrogen) atoms. The Kier molecular flexibility index (Phi) is 8.27. The quantitative estimate of drug-likeness (QED) is 0.311. The highest BCUT2D eigenvalue weighted by atomic mass is 16.5. The van der Waals surface area contributed by atoms with Gasteiger partial charge in [-0.2, -0.15) is 5.10 Å². The number of amides is 2. The molecule has 1 aromatic heterocycles. The van der Waals surface area contributed by atoms with Crippen molar-refractivity contribution in [3.63, 3.8) is 0 Å². The molecule has 0 aliphatic carbocycles. The van der Waals surface area contributed by atoms with Crippen LogP contribution in [0.5, 0.6) is 5.75 Å². The predicted molar refractivity (Wildman–Crippen MR) is 125 cm³/mol. The van der Waals surface area contributed by atoms with Crippen LogP contribution in [-0.2, 0) is 9.59 Å². The zero-order valence-corrected chi connectivity index (χ0v) is 17.6. The number of ether oxygens (including phenoxy) is 1. The molecule has 0 radical (unpaired) electrons. The minimum Gasteiger partial charge on any atom is -0.484 e. The van der Waals surface area contributed by atoms with Crippen LogP contribution in [-0.4, -0.2) is 35.7 Å². The molecule has 0 saturated heterocycles. The molecule has 0 saturated carbocycles. The maximum Gasteiger partial charge on any atom is 0.262 e. The van der Waals surface area contributed by atoms with E-state index in [-0.39, 0.29) is 6.61 Å². The Morgan fingerprint density at radius 2 is 1.66 bits per heavy atom. The van der Waals surface area contributed by atoms with E-state index < -0.39 is 17.9 Å². The Bertz CT molecular complexity index is 1070. The summed E-state index contributed by atoms with van der Waals surface area (Å²) in [4.78, 5) is 28.2. The monoisotopic (exact) mass is 428 g/mol. The van der Waals surface area contributed by atoms with Gasteiger partial charge in [0, 0.05) is 6.20 Å². The Morgan fingerprint density at radius 3 is 2.34 bits per heavy atom. The molecule has 3 rings (SSSR count). The van der Waals surface area contributed by atoms with Crippen LogP contribution in [0.1, 0.15) is 23.7 Å². The summed E-state index contributed by atoms with van der Waals surface area (Å²) >= 11 is 0. The molecular weight excluding hydrogens is 404 g/mol. The van der Waals surface area contributed by atoms with Crippen LogP contribution in [0, 0.1) is 0 Å². The second-order valence-electron chi connectivity index (χ2n) is 6.88. The molecule has 0 spiro atoms. The summed E-state index contributed by atoms with van der Waals surface area (Å²) in [6, 6.07) is 22.0. The minimum absolute atomic E-state index is 0.200. The summed E-state index contributed by atoms with van der Waals surface area (Å²) in [6.45, 7) is 1.37. The van der Waals surface area contributed by atoms with Crippen LogP contribution in [0.25, 0.3) is 12.2 Å². The Balaban J connectivity index is 1.40. The minimum atomic E-state index is -0.766. The van der Waals surface area contributed by atoms with Crippen molar-refractivity contribution in [3.05, 3.63) is 95.8 Å². The van der Waals surface area contributed by atoms with Gasteiger partial charge in [-0.25, -0.2) is 5.43 Å². The average molecular weight is 428 g/mol. The number of hydrazone groups is 1. The van der Waals surface area contributed by atoms with Crippen molar-refractivity contribution in [1.29, 1.82) is 0 Å². The fraction of sp³-hybridized carbons (Fsp3) is 0.120. The summed E-state index contributed by atoms with van der Waals surface area (Å²) < 4.78 is 5.50. The molecule has 7 nitrogen and oxygen atoms in total.